The minimum Gasteiger partial charge on any atom is -0.363 e. The van der Waals surface area contributed by atoms with Crippen molar-refractivity contribution >= 4 is 11.3 Å². The van der Waals surface area contributed by atoms with Gasteiger partial charge in [-0.15, -0.1) is 0 Å². The van der Waals surface area contributed by atoms with E-state index in [-0.39, 0.29) is 34.5 Å². The van der Waals surface area contributed by atoms with E-state index in [1.165, 1.54) is 66.9 Å². The Bertz CT molecular complexity index is 1990. The fourth-order valence-corrected chi connectivity index (χ4v) is 9.01. The van der Waals surface area contributed by atoms with Crippen LogP contribution in [0, 0.1) is 31.6 Å². The van der Waals surface area contributed by atoms with Crippen molar-refractivity contribution in [1.29, 1.82) is 0 Å². The molecule has 3 aliphatic rings. The summed E-state index contributed by atoms with van der Waals surface area (Å²) < 4.78 is 14.4. The highest BCUT2D eigenvalue weighted by atomic mass is 16.7. The van der Waals surface area contributed by atoms with Crippen LogP contribution < -0.4 is 4.90 Å². The Kier molecular flexibility index (Phi) is 8.13. The van der Waals surface area contributed by atoms with Crippen LogP contribution in [0.2, 0.25) is 0 Å². The SMILES string of the molecule is Cc1cccc(C2=CC(c3cc(C)cc(C)c3C3(C)OC(C(C)(C)C)CC(C(C)(C)C)O3)N(C)c3cc4c(cc32)-c2ccccc2C4(C)C)c1. The lowest BCUT2D eigenvalue weighted by molar-refractivity contribution is -0.346. The van der Waals surface area contributed by atoms with Gasteiger partial charge in [-0.25, -0.2) is 0 Å². The maximum atomic E-state index is 7.20. The molecular formula is C47H57NO2. The molecule has 7 rings (SSSR count). The van der Waals surface area contributed by atoms with Crippen molar-refractivity contribution in [3.8, 4) is 11.1 Å². The Balaban J connectivity index is 1.46. The van der Waals surface area contributed by atoms with E-state index in [9.17, 15) is 0 Å². The van der Waals surface area contributed by atoms with Crippen molar-refractivity contribution in [3.05, 3.63) is 129 Å². The third kappa shape index (κ3) is 5.66. The van der Waals surface area contributed by atoms with Crippen LogP contribution in [0.3, 0.4) is 0 Å². The standard InChI is InChI=1S/C47H57NO2/c1-28-17-16-18-31(22-28)33-25-39(48(13)40-26-38-34(24-35(33)40)32-19-14-15-20-37(32)46(38,10)11)36-23-29(2)21-30(3)43(36)47(12)49-41(44(4,5)6)27-42(50-47)45(7,8)9/h14-26,39,41-42H,27H2,1-13H3. The van der Waals surface area contributed by atoms with Crippen LogP contribution in [0.15, 0.2) is 78.9 Å². The van der Waals surface area contributed by atoms with Gasteiger partial charge in [0.2, 0.25) is 0 Å². The van der Waals surface area contributed by atoms with E-state index in [1.807, 2.05) is 0 Å². The maximum absolute atomic E-state index is 7.20. The van der Waals surface area contributed by atoms with Crippen molar-refractivity contribution in [2.24, 2.45) is 10.8 Å². The first-order valence-electron chi connectivity index (χ1n) is 18.6. The second-order valence-electron chi connectivity index (χ2n) is 18.3. The predicted molar refractivity (Wildman–Crippen MR) is 210 cm³/mol. The predicted octanol–water partition coefficient (Wildman–Crippen LogP) is 12.0. The summed E-state index contributed by atoms with van der Waals surface area (Å²) in [6.07, 6.45) is 3.48. The molecule has 262 valence electrons. The number of anilines is 1. The Morgan fingerprint density at radius 1 is 0.680 bits per heavy atom. The number of benzene rings is 4. The smallest absolute Gasteiger partial charge is 0.193 e. The Hall–Kier alpha value is -3.66. The number of ether oxygens (including phenoxy) is 2. The molecule has 1 aliphatic carbocycles. The first-order chi connectivity index (χ1) is 23.3. The summed E-state index contributed by atoms with van der Waals surface area (Å²) in [5.41, 5.74) is 16.5. The molecule has 4 aromatic carbocycles. The number of likely N-dealkylation sites (N-methyl/N-ethyl adjacent to an activating group) is 1. The van der Waals surface area contributed by atoms with Gasteiger partial charge in [0.15, 0.2) is 5.79 Å². The molecule has 3 heteroatoms. The van der Waals surface area contributed by atoms with Gasteiger partial charge in [0, 0.05) is 35.7 Å². The summed E-state index contributed by atoms with van der Waals surface area (Å²) >= 11 is 0. The average Bonchev–Trinajstić information content (AvgIpc) is 3.24. The average molecular weight is 668 g/mol. The van der Waals surface area contributed by atoms with Crippen LogP contribution in [-0.4, -0.2) is 19.3 Å². The lowest BCUT2D eigenvalue weighted by Crippen LogP contribution is -2.53. The highest BCUT2D eigenvalue weighted by Crippen LogP contribution is 2.55. The third-order valence-electron chi connectivity index (χ3n) is 11.8. The lowest BCUT2D eigenvalue weighted by atomic mass is 9.77. The molecule has 2 heterocycles. The van der Waals surface area contributed by atoms with Gasteiger partial charge < -0.3 is 14.4 Å². The van der Waals surface area contributed by atoms with E-state index in [0.717, 1.165) is 12.0 Å². The Labute approximate surface area is 301 Å². The number of hydrogen-bond acceptors (Lipinski definition) is 3. The van der Waals surface area contributed by atoms with E-state index in [2.05, 4.69) is 174 Å². The van der Waals surface area contributed by atoms with E-state index in [4.69, 9.17) is 9.47 Å². The molecule has 4 aromatic rings. The molecule has 0 bridgehead atoms. The van der Waals surface area contributed by atoms with Crippen molar-refractivity contribution in [1.82, 2.24) is 0 Å². The number of nitrogens with zero attached hydrogens (tertiary/aromatic N) is 1. The highest BCUT2D eigenvalue weighted by Gasteiger charge is 2.49. The summed E-state index contributed by atoms with van der Waals surface area (Å²) in [5.74, 6) is -0.915. The number of fused-ring (bicyclic) bond motifs is 4. The van der Waals surface area contributed by atoms with Gasteiger partial charge in [-0.1, -0.05) is 127 Å². The van der Waals surface area contributed by atoms with Gasteiger partial charge in [0.05, 0.1) is 18.2 Å². The number of rotatable bonds is 3. The molecule has 0 aromatic heterocycles. The molecule has 0 amide bonds. The summed E-state index contributed by atoms with van der Waals surface area (Å²) in [6.45, 7) is 27.4. The lowest BCUT2D eigenvalue weighted by Gasteiger charge is -2.51. The molecule has 0 spiro atoms. The van der Waals surface area contributed by atoms with Crippen LogP contribution in [0.1, 0.15) is 125 Å². The minimum absolute atomic E-state index is 0.0309. The second-order valence-corrected chi connectivity index (χ2v) is 18.3. The van der Waals surface area contributed by atoms with E-state index < -0.39 is 5.79 Å². The fraction of sp³-hybridized carbons (Fsp3) is 0.447. The number of aryl methyl sites for hydroxylation is 3. The zero-order valence-corrected chi connectivity index (χ0v) is 32.7. The molecule has 0 radical (unpaired) electrons. The van der Waals surface area contributed by atoms with Crippen molar-refractivity contribution in [2.75, 3.05) is 11.9 Å². The molecule has 3 unspecified atom stereocenters. The van der Waals surface area contributed by atoms with Crippen LogP contribution in [0.4, 0.5) is 5.69 Å². The molecule has 0 saturated carbocycles. The first-order valence-corrected chi connectivity index (χ1v) is 18.6. The van der Waals surface area contributed by atoms with Crippen molar-refractivity contribution in [2.45, 2.75) is 119 Å². The summed E-state index contributed by atoms with van der Waals surface area (Å²) in [4.78, 5) is 2.50. The monoisotopic (exact) mass is 667 g/mol. The van der Waals surface area contributed by atoms with Gasteiger partial charge in [0.25, 0.3) is 0 Å². The zero-order valence-electron chi connectivity index (χ0n) is 32.7. The molecular weight excluding hydrogens is 611 g/mol. The van der Waals surface area contributed by atoms with Crippen molar-refractivity contribution < 1.29 is 9.47 Å². The van der Waals surface area contributed by atoms with Crippen LogP contribution >= 0.6 is 0 Å². The summed E-state index contributed by atoms with van der Waals surface area (Å²) in [7, 11) is 2.27. The Morgan fingerprint density at radius 2 is 1.34 bits per heavy atom. The third-order valence-corrected chi connectivity index (χ3v) is 11.8. The highest BCUT2D eigenvalue weighted by molar-refractivity contribution is 5.95. The van der Waals surface area contributed by atoms with E-state index in [1.54, 1.807) is 0 Å². The summed E-state index contributed by atoms with van der Waals surface area (Å²) in [6, 6.07) is 27.6. The van der Waals surface area contributed by atoms with E-state index in [0.29, 0.717) is 0 Å². The van der Waals surface area contributed by atoms with E-state index >= 15 is 0 Å². The van der Waals surface area contributed by atoms with Crippen molar-refractivity contribution in [3.63, 3.8) is 0 Å². The summed E-state index contributed by atoms with van der Waals surface area (Å²) in [5, 5.41) is 0. The van der Waals surface area contributed by atoms with Crippen LogP contribution in [0.5, 0.6) is 0 Å². The quantitative estimate of drug-likeness (QED) is 0.217. The first kappa shape index (κ1) is 34.8. The number of hydrogen-bond donors (Lipinski definition) is 0. The maximum Gasteiger partial charge on any atom is 0.193 e. The van der Waals surface area contributed by atoms with Gasteiger partial charge in [-0.2, -0.15) is 0 Å². The second kappa shape index (κ2) is 11.7. The topological polar surface area (TPSA) is 21.7 Å². The van der Waals surface area contributed by atoms with Crippen LogP contribution in [0.25, 0.3) is 16.7 Å². The molecule has 0 N–H and O–H groups in total. The van der Waals surface area contributed by atoms with Gasteiger partial charge >= 0.3 is 0 Å². The molecule has 1 saturated heterocycles. The molecule has 1 fully saturated rings. The van der Waals surface area contributed by atoms with Gasteiger partial charge in [-0.05, 0) is 101 Å². The fourth-order valence-electron chi connectivity index (χ4n) is 9.01. The molecule has 2 aliphatic heterocycles. The largest absolute Gasteiger partial charge is 0.363 e. The zero-order chi connectivity index (χ0) is 36.1. The molecule has 3 nitrogen and oxygen atoms in total. The minimum atomic E-state index is -0.915. The van der Waals surface area contributed by atoms with Gasteiger partial charge in [-0.3, -0.25) is 0 Å². The Morgan fingerprint density at radius 3 is 1.98 bits per heavy atom. The normalized spacial score (nSPS) is 24.4. The van der Waals surface area contributed by atoms with Crippen LogP contribution in [-0.2, 0) is 20.7 Å². The molecule has 3 atom stereocenters. The van der Waals surface area contributed by atoms with Gasteiger partial charge in [0.1, 0.15) is 0 Å². The molecule has 50 heavy (non-hydrogen) atoms.